The van der Waals surface area contributed by atoms with E-state index in [0.29, 0.717) is 19.6 Å². The molecule has 0 saturated heterocycles. The van der Waals surface area contributed by atoms with Crippen LogP contribution >= 0.6 is 0 Å². The Morgan fingerprint density at radius 1 is 1.03 bits per heavy atom. The second-order valence-corrected chi connectivity index (χ2v) is 8.12. The van der Waals surface area contributed by atoms with Gasteiger partial charge in [-0.3, -0.25) is 14.5 Å². The lowest BCUT2D eigenvalue weighted by molar-refractivity contribution is -0.143. The van der Waals surface area contributed by atoms with E-state index in [0.717, 1.165) is 42.9 Å². The molecule has 0 aliphatic carbocycles. The average Bonchev–Trinajstić information content (AvgIpc) is 3.06. The number of hydrogen-bond acceptors (Lipinski definition) is 6. The highest BCUT2D eigenvalue weighted by molar-refractivity contribution is 5.90. The van der Waals surface area contributed by atoms with E-state index in [2.05, 4.69) is 17.4 Å². The number of fused-ring (bicyclic) bond motifs is 2. The lowest BCUT2D eigenvalue weighted by Gasteiger charge is -2.30. The number of carboxylic acid groups (broad SMARTS) is 2. The Bertz CT molecular complexity index is 1050. The van der Waals surface area contributed by atoms with Crippen molar-refractivity contribution in [2.24, 2.45) is 0 Å². The molecule has 0 bridgehead atoms. The predicted molar refractivity (Wildman–Crippen MR) is 126 cm³/mol. The number of rotatable bonds is 6. The van der Waals surface area contributed by atoms with Gasteiger partial charge in [-0.25, -0.2) is 9.18 Å². The minimum Gasteiger partial charge on any atom is -0.490 e. The molecule has 2 heterocycles. The smallest absolute Gasteiger partial charge is 0.414 e. The molecule has 0 spiro atoms. The maximum atomic E-state index is 13.2. The van der Waals surface area contributed by atoms with Gasteiger partial charge in [0.2, 0.25) is 0 Å². The fourth-order valence-electron chi connectivity index (χ4n) is 3.81. The van der Waals surface area contributed by atoms with Crippen LogP contribution in [0.2, 0.25) is 0 Å². The van der Waals surface area contributed by atoms with Gasteiger partial charge in [0.1, 0.15) is 18.2 Å². The fourth-order valence-corrected chi connectivity index (χ4v) is 3.81. The first kappa shape index (κ1) is 26.0. The second-order valence-electron chi connectivity index (χ2n) is 8.12. The fraction of sp³-hybridized carbons (Fsp3) is 0.400. The molecule has 0 unspecified atom stereocenters. The van der Waals surface area contributed by atoms with E-state index in [-0.39, 0.29) is 31.4 Å². The van der Waals surface area contributed by atoms with Crippen molar-refractivity contribution in [3.05, 3.63) is 58.9 Å². The summed E-state index contributed by atoms with van der Waals surface area (Å²) in [5, 5.41) is 19.2. The van der Waals surface area contributed by atoms with E-state index in [1.54, 1.807) is 11.0 Å². The van der Waals surface area contributed by atoms with Crippen LogP contribution in [0.3, 0.4) is 0 Å². The molecule has 3 N–H and O–H groups in total. The topological polar surface area (TPSA) is 125 Å². The number of benzene rings is 2. The van der Waals surface area contributed by atoms with Gasteiger partial charge in [0.15, 0.2) is 0 Å². The number of carbonyl (C=O) groups is 3. The Morgan fingerprint density at radius 3 is 2.37 bits per heavy atom. The lowest BCUT2D eigenvalue weighted by atomic mass is 10.0. The van der Waals surface area contributed by atoms with Gasteiger partial charge in [0, 0.05) is 6.42 Å². The number of nitrogens with zero attached hydrogens (tertiary/aromatic N) is 1. The number of nitrogens with one attached hydrogen (secondary N) is 1. The van der Waals surface area contributed by atoms with Crippen molar-refractivity contribution in [2.75, 3.05) is 37.7 Å². The zero-order valence-corrected chi connectivity index (χ0v) is 19.3. The molecule has 0 radical (unpaired) electrons. The molecule has 0 aromatic heterocycles. The number of carbonyl (C=O) groups excluding carboxylic acids is 1. The zero-order chi connectivity index (χ0) is 25.2. The van der Waals surface area contributed by atoms with Crippen LogP contribution in [0.5, 0.6) is 5.75 Å². The van der Waals surface area contributed by atoms with E-state index in [1.165, 1.54) is 23.3 Å². The van der Waals surface area contributed by atoms with E-state index < -0.39 is 11.9 Å². The normalized spacial score (nSPS) is 14.3. The number of ether oxygens (including phenoxy) is 2. The standard InChI is InChI=1S/C21H23FN2O3.C4H6O4/c22-18-3-1-2-15(12-18)6-10-27-21(25)24-9-11-26-20-14-17-5-8-23-7-4-16(17)13-19(20)24;5-3(6)1-2-4(7)8/h1-3,12-14,23H,4-11H2;1-2H2,(H,5,6)(H,7,8). The van der Waals surface area contributed by atoms with Crippen molar-refractivity contribution in [1.29, 1.82) is 0 Å². The summed E-state index contributed by atoms with van der Waals surface area (Å²) in [5.74, 6) is -1.69. The number of aliphatic carboxylic acids is 2. The Kier molecular flexibility index (Phi) is 9.42. The van der Waals surface area contributed by atoms with Crippen molar-refractivity contribution in [3.63, 3.8) is 0 Å². The van der Waals surface area contributed by atoms with Gasteiger partial charge < -0.3 is 25.0 Å². The van der Waals surface area contributed by atoms with Crippen molar-refractivity contribution >= 4 is 23.7 Å². The number of halogens is 1. The van der Waals surface area contributed by atoms with Gasteiger partial charge in [-0.1, -0.05) is 12.1 Å². The molecule has 2 aliphatic rings. The molecule has 0 saturated carbocycles. The highest BCUT2D eigenvalue weighted by atomic mass is 19.1. The summed E-state index contributed by atoms with van der Waals surface area (Å²) < 4.78 is 24.5. The summed E-state index contributed by atoms with van der Waals surface area (Å²) in [4.78, 5) is 33.5. The number of carboxylic acids is 2. The van der Waals surface area contributed by atoms with Gasteiger partial charge in [-0.2, -0.15) is 0 Å². The highest BCUT2D eigenvalue weighted by Gasteiger charge is 2.26. The summed E-state index contributed by atoms with van der Waals surface area (Å²) in [6, 6.07) is 10.5. The molecule has 2 aliphatic heterocycles. The van der Waals surface area contributed by atoms with Crippen molar-refractivity contribution in [3.8, 4) is 5.75 Å². The molecule has 188 valence electrons. The van der Waals surface area contributed by atoms with Gasteiger partial charge in [-0.05, 0) is 66.9 Å². The molecule has 0 atom stereocenters. The third kappa shape index (κ3) is 7.96. The van der Waals surface area contributed by atoms with Crippen LogP contribution in [-0.4, -0.2) is 61.1 Å². The first-order chi connectivity index (χ1) is 16.8. The second kappa shape index (κ2) is 12.7. The van der Waals surface area contributed by atoms with Crippen molar-refractivity contribution < 1.29 is 38.5 Å². The SMILES string of the molecule is O=C(O)CCC(=O)O.O=C(OCCc1cccc(F)c1)N1CCOc2cc3c(cc21)CCNCC3. The summed E-state index contributed by atoms with van der Waals surface area (Å²) >= 11 is 0. The molecule has 9 nitrogen and oxygen atoms in total. The van der Waals surface area contributed by atoms with E-state index >= 15 is 0 Å². The van der Waals surface area contributed by atoms with E-state index in [4.69, 9.17) is 19.7 Å². The average molecular weight is 489 g/mol. The van der Waals surface area contributed by atoms with Crippen LogP contribution in [0.25, 0.3) is 0 Å². The molecular formula is C25H29FN2O7. The minimum absolute atomic E-state index is 0.212. The zero-order valence-electron chi connectivity index (χ0n) is 19.3. The predicted octanol–water partition coefficient (Wildman–Crippen LogP) is 3.03. The quantitative estimate of drug-likeness (QED) is 0.567. The number of amides is 1. The lowest BCUT2D eigenvalue weighted by Crippen LogP contribution is -2.38. The summed E-state index contributed by atoms with van der Waals surface area (Å²) in [5.41, 5.74) is 4.11. The van der Waals surface area contributed by atoms with Crippen LogP contribution in [0.15, 0.2) is 36.4 Å². The molecule has 1 amide bonds. The molecular weight excluding hydrogens is 459 g/mol. The summed E-state index contributed by atoms with van der Waals surface area (Å²) in [7, 11) is 0. The van der Waals surface area contributed by atoms with Gasteiger partial charge in [-0.15, -0.1) is 0 Å². The summed E-state index contributed by atoms with van der Waals surface area (Å²) in [6.07, 6.45) is 1.40. The van der Waals surface area contributed by atoms with Gasteiger partial charge >= 0.3 is 18.0 Å². The van der Waals surface area contributed by atoms with E-state index in [1.807, 2.05) is 6.07 Å². The Hall–Kier alpha value is -3.66. The van der Waals surface area contributed by atoms with E-state index in [9.17, 15) is 18.8 Å². The first-order valence-corrected chi connectivity index (χ1v) is 11.4. The number of anilines is 1. The Morgan fingerprint density at radius 2 is 1.71 bits per heavy atom. The third-order valence-electron chi connectivity index (χ3n) is 5.57. The monoisotopic (exact) mass is 488 g/mol. The molecule has 35 heavy (non-hydrogen) atoms. The maximum Gasteiger partial charge on any atom is 0.414 e. The molecule has 0 fully saturated rings. The van der Waals surface area contributed by atoms with Crippen LogP contribution < -0.4 is 15.0 Å². The summed E-state index contributed by atoms with van der Waals surface area (Å²) in [6.45, 7) is 3.01. The number of hydrogen-bond donors (Lipinski definition) is 3. The largest absolute Gasteiger partial charge is 0.490 e. The Labute approximate surface area is 202 Å². The third-order valence-corrected chi connectivity index (χ3v) is 5.57. The highest BCUT2D eigenvalue weighted by Crippen LogP contribution is 2.35. The molecule has 2 aromatic rings. The molecule has 10 heteroatoms. The van der Waals surface area contributed by atoms with Crippen molar-refractivity contribution in [1.82, 2.24) is 5.32 Å². The molecule has 4 rings (SSSR count). The van der Waals surface area contributed by atoms with Gasteiger partial charge in [0.25, 0.3) is 0 Å². The molecule has 2 aromatic carbocycles. The Balaban J connectivity index is 0.000000371. The van der Waals surface area contributed by atoms with Gasteiger partial charge in [0.05, 0.1) is 31.7 Å². The van der Waals surface area contributed by atoms with Crippen LogP contribution in [-0.2, 0) is 33.6 Å². The van der Waals surface area contributed by atoms with Crippen LogP contribution in [0.1, 0.15) is 29.5 Å². The van der Waals surface area contributed by atoms with Crippen molar-refractivity contribution in [2.45, 2.75) is 32.1 Å². The minimum atomic E-state index is -1.08. The first-order valence-electron chi connectivity index (χ1n) is 11.4. The maximum absolute atomic E-state index is 13.2. The van der Waals surface area contributed by atoms with Crippen LogP contribution in [0.4, 0.5) is 14.9 Å². The van der Waals surface area contributed by atoms with Crippen LogP contribution in [0, 0.1) is 5.82 Å².